The van der Waals surface area contributed by atoms with Gasteiger partial charge in [-0.2, -0.15) is 5.10 Å². The van der Waals surface area contributed by atoms with Crippen LogP contribution in [0.15, 0.2) is 46.8 Å². The third kappa shape index (κ3) is 2.72. The van der Waals surface area contributed by atoms with Crippen LogP contribution < -0.4 is 10.7 Å². The molecule has 22 heavy (non-hydrogen) atoms. The van der Waals surface area contributed by atoms with Crippen LogP contribution in [0, 0.1) is 12.8 Å². The number of nitrogens with one attached hydrogen (secondary N) is 2. The average Bonchev–Trinajstić information content (AvgIpc) is 2.93. The number of aromatic nitrogens is 1. The monoisotopic (exact) mass is 297 g/mol. The van der Waals surface area contributed by atoms with Crippen LogP contribution in [0.2, 0.25) is 0 Å². The second-order valence-electron chi connectivity index (χ2n) is 5.66. The molecule has 6 heteroatoms. The number of amides is 1. The number of hydrogen-bond donors (Lipinski definition) is 2. The molecule has 1 aromatic heterocycles. The number of nitrogens with zero attached hydrogens (tertiary/aromatic N) is 3. The molecule has 6 nitrogen and oxygen atoms in total. The largest absolute Gasteiger partial charge is 0.376 e. The molecule has 2 atom stereocenters. The summed E-state index contributed by atoms with van der Waals surface area (Å²) >= 11 is 0. The minimum atomic E-state index is -0.205. The predicted octanol–water partition coefficient (Wildman–Crippen LogP) is 1.04. The van der Waals surface area contributed by atoms with Crippen molar-refractivity contribution in [3.63, 3.8) is 0 Å². The summed E-state index contributed by atoms with van der Waals surface area (Å²) in [6.45, 7) is 1.87. The molecule has 114 valence electrons. The molecule has 3 rings (SSSR count). The van der Waals surface area contributed by atoms with Crippen molar-refractivity contribution in [3.8, 4) is 0 Å². The van der Waals surface area contributed by atoms with Crippen molar-refractivity contribution in [1.82, 2.24) is 20.6 Å². The number of carbonyl (C=O) groups is 1. The van der Waals surface area contributed by atoms with Gasteiger partial charge in [0.15, 0.2) is 0 Å². The van der Waals surface area contributed by atoms with Gasteiger partial charge in [-0.05, 0) is 31.2 Å². The van der Waals surface area contributed by atoms with Crippen molar-refractivity contribution < 1.29 is 4.79 Å². The van der Waals surface area contributed by atoms with Crippen molar-refractivity contribution in [1.29, 1.82) is 0 Å². The molecule has 0 saturated heterocycles. The number of pyridine rings is 1. The van der Waals surface area contributed by atoms with Crippen molar-refractivity contribution in [2.45, 2.75) is 13.0 Å². The first-order valence-corrected chi connectivity index (χ1v) is 7.19. The quantitative estimate of drug-likeness (QED) is 0.874. The molecule has 0 saturated carbocycles. The van der Waals surface area contributed by atoms with Crippen LogP contribution in [0.3, 0.4) is 0 Å². The molecule has 1 aliphatic carbocycles. The lowest BCUT2D eigenvalue weighted by Gasteiger charge is -2.28. The Morgan fingerprint density at radius 2 is 2.14 bits per heavy atom. The molecule has 0 radical (unpaired) electrons. The van der Waals surface area contributed by atoms with E-state index in [2.05, 4.69) is 26.9 Å². The first-order valence-electron chi connectivity index (χ1n) is 7.19. The first-order chi connectivity index (χ1) is 10.5. The zero-order chi connectivity index (χ0) is 15.7. The van der Waals surface area contributed by atoms with Gasteiger partial charge in [0.05, 0.1) is 17.4 Å². The molecule has 1 aromatic rings. The highest BCUT2D eigenvalue weighted by molar-refractivity contribution is 5.94. The van der Waals surface area contributed by atoms with Gasteiger partial charge in [-0.25, -0.2) is 4.98 Å². The minimum absolute atomic E-state index is 0.148. The van der Waals surface area contributed by atoms with Gasteiger partial charge in [0.1, 0.15) is 5.69 Å². The average molecular weight is 297 g/mol. The Kier molecular flexibility index (Phi) is 3.66. The fourth-order valence-electron chi connectivity index (χ4n) is 2.58. The third-order valence-corrected chi connectivity index (χ3v) is 3.71. The van der Waals surface area contributed by atoms with E-state index >= 15 is 0 Å². The number of hydrazone groups is 1. The molecule has 2 N–H and O–H groups in total. The van der Waals surface area contributed by atoms with Crippen LogP contribution in [0.25, 0.3) is 0 Å². The molecule has 2 heterocycles. The smallest absolute Gasteiger partial charge is 0.274 e. The maximum Gasteiger partial charge on any atom is 0.274 e. The van der Waals surface area contributed by atoms with Crippen LogP contribution in [-0.2, 0) is 0 Å². The van der Waals surface area contributed by atoms with Gasteiger partial charge in [0.25, 0.3) is 5.91 Å². The summed E-state index contributed by atoms with van der Waals surface area (Å²) in [5.41, 5.74) is 6.03. The lowest BCUT2D eigenvalue weighted by Crippen LogP contribution is -2.36. The maximum absolute atomic E-state index is 12.4. The highest BCUT2D eigenvalue weighted by Gasteiger charge is 2.28. The van der Waals surface area contributed by atoms with Crippen LogP contribution in [0.5, 0.6) is 0 Å². The standard InChI is InChI=1S/C16H19N5O/c1-10-5-4-6-12(18-10)16(22)19-14-7-11-9-17-20-13(11)8-15(14)21(2)3/h4-9,11,13,20H,1-3H3,(H,19,22). The Morgan fingerprint density at radius 1 is 1.32 bits per heavy atom. The zero-order valence-electron chi connectivity index (χ0n) is 12.9. The number of aryl methyl sites for hydroxylation is 1. The maximum atomic E-state index is 12.4. The fraction of sp³-hybridized carbons (Fsp3) is 0.312. The summed E-state index contributed by atoms with van der Waals surface area (Å²) in [7, 11) is 3.90. The molecular weight excluding hydrogens is 278 g/mol. The third-order valence-electron chi connectivity index (χ3n) is 3.71. The Hall–Kier alpha value is -2.63. The highest BCUT2D eigenvalue weighted by Crippen LogP contribution is 2.24. The molecule has 1 amide bonds. The Morgan fingerprint density at radius 3 is 2.86 bits per heavy atom. The summed E-state index contributed by atoms with van der Waals surface area (Å²) in [6, 6.07) is 5.56. The van der Waals surface area contributed by atoms with E-state index < -0.39 is 0 Å². The van der Waals surface area contributed by atoms with Crippen LogP contribution in [-0.4, -0.2) is 42.1 Å². The van der Waals surface area contributed by atoms with Gasteiger partial charge in [-0.1, -0.05) is 6.07 Å². The Bertz CT molecular complexity index is 690. The van der Waals surface area contributed by atoms with Crippen LogP contribution in [0.4, 0.5) is 0 Å². The lowest BCUT2D eigenvalue weighted by atomic mass is 9.94. The summed E-state index contributed by atoms with van der Waals surface area (Å²) in [6.07, 6.45) is 5.96. The van der Waals surface area contributed by atoms with Crippen LogP contribution in [0.1, 0.15) is 16.2 Å². The van der Waals surface area contributed by atoms with E-state index in [0.717, 1.165) is 17.1 Å². The molecule has 2 aliphatic rings. The van der Waals surface area contributed by atoms with E-state index in [4.69, 9.17) is 0 Å². The summed E-state index contributed by atoms with van der Waals surface area (Å²) < 4.78 is 0. The van der Waals surface area contributed by atoms with Crippen molar-refractivity contribution in [3.05, 3.63) is 53.1 Å². The fourth-order valence-corrected chi connectivity index (χ4v) is 2.58. The minimum Gasteiger partial charge on any atom is -0.376 e. The number of fused-ring (bicyclic) bond motifs is 1. The SMILES string of the molecule is Cc1cccc(C(=O)NC2=CC3C=NNC3C=C2N(C)C)n1. The second kappa shape index (κ2) is 5.63. The van der Waals surface area contributed by atoms with Gasteiger partial charge in [0.2, 0.25) is 0 Å². The van der Waals surface area contributed by atoms with Gasteiger partial charge >= 0.3 is 0 Å². The summed E-state index contributed by atoms with van der Waals surface area (Å²) in [5.74, 6) is -0.0477. The number of rotatable bonds is 3. The molecular formula is C16H19N5O. The van der Waals surface area contributed by atoms with E-state index in [1.54, 1.807) is 6.07 Å². The van der Waals surface area contributed by atoms with Crippen LogP contribution >= 0.6 is 0 Å². The van der Waals surface area contributed by atoms with Gasteiger partial charge < -0.3 is 15.6 Å². The molecule has 0 bridgehead atoms. The van der Waals surface area contributed by atoms with Crippen molar-refractivity contribution >= 4 is 12.1 Å². The van der Waals surface area contributed by atoms with E-state index in [1.165, 1.54) is 0 Å². The van der Waals surface area contributed by atoms with Crippen molar-refractivity contribution in [2.75, 3.05) is 14.1 Å². The van der Waals surface area contributed by atoms with Crippen molar-refractivity contribution in [2.24, 2.45) is 11.0 Å². The number of carbonyl (C=O) groups excluding carboxylic acids is 1. The zero-order valence-corrected chi connectivity index (χ0v) is 12.9. The van der Waals surface area contributed by atoms with Gasteiger partial charge in [0, 0.05) is 31.9 Å². The molecule has 0 aromatic carbocycles. The first kappa shape index (κ1) is 14.3. The summed E-state index contributed by atoms with van der Waals surface area (Å²) in [5, 5.41) is 7.06. The Labute approximate surface area is 129 Å². The lowest BCUT2D eigenvalue weighted by molar-refractivity contribution is 0.0960. The normalized spacial score (nSPS) is 22.3. The molecule has 0 spiro atoms. The van der Waals surface area contributed by atoms with E-state index in [-0.39, 0.29) is 17.9 Å². The highest BCUT2D eigenvalue weighted by atomic mass is 16.1. The van der Waals surface area contributed by atoms with E-state index in [1.807, 2.05) is 50.3 Å². The van der Waals surface area contributed by atoms with Gasteiger partial charge in [-0.3, -0.25) is 4.79 Å². The molecule has 0 fully saturated rings. The second-order valence-corrected chi connectivity index (χ2v) is 5.66. The number of hydrogen-bond acceptors (Lipinski definition) is 5. The van der Waals surface area contributed by atoms with E-state index in [9.17, 15) is 4.79 Å². The summed E-state index contributed by atoms with van der Waals surface area (Å²) in [4.78, 5) is 18.7. The Balaban J connectivity index is 1.84. The molecule has 1 aliphatic heterocycles. The number of likely N-dealkylation sites (N-methyl/N-ethyl adjacent to an activating group) is 1. The van der Waals surface area contributed by atoms with E-state index in [0.29, 0.717) is 5.69 Å². The predicted molar refractivity (Wildman–Crippen MR) is 85.2 cm³/mol. The van der Waals surface area contributed by atoms with Gasteiger partial charge in [-0.15, -0.1) is 0 Å². The molecule has 2 unspecified atom stereocenters. The topological polar surface area (TPSA) is 69.6 Å².